The summed E-state index contributed by atoms with van der Waals surface area (Å²) in [5.74, 6) is -1.18. The molecule has 5 nitrogen and oxygen atoms in total. The molecule has 1 aliphatic rings. The summed E-state index contributed by atoms with van der Waals surface area (Å²) >= 11 is 0. The van der Waals surface area contributed by atoms with Crippen LogP contribution in [0.15, 0.2) is 30.3 Å². The Morgan fingerprint density at radius 1 is 1.39 bits per heavy atom. The highest BCUT2D eigenvalue weighted by molar-refractivity contribution is 5.84. The van der Waals surface area contributed by atoms with E-state index in [2.05, 4.69) is 5.32 Å². The van der Waals surface area contributed by atoms with E-state index in [-0.39, 0.29) is 5.91 Å². The Morgan fingerprint density at radius 2 is 2.11 bits per heavy atom. The second-order valence-corrected chi connectivity index (χ2v) is 4.43. The average molecular weight is 248 g/mol. The predicted octanol–water partition coefficient (Wildman–Crippen LogP) is 0.462. The summed E-state index contributed by atoms with van der Waals surface area (Å²) in [6, 6.07) is 9.02. The number of aliphatic carboxylic acids is 1. The molecule has 0 spiro atoms. The summed E-state index contributed by atoms with van der Waals surface area (Å²) in [6.45, 7) is 1.60. The van der Waals surface area contributed by atoms with Crippen LogP contribution < -0.4 is 5.32 Å². The Balaban J connectivity index is 2.03. The smallest absolute Gasteiger partial charge is 0.327 e. The van der Waals surface area contributed by atoms with Gasteiger partial charge in [-0.15, -0.1) is 0 Å². The van der Waals surface area contributed by atoms with Gasteiger partial charge < -0.3 is 10.4 Å². The lowest BCUT2D eigenvalue weighted by Crippen LogP contribution is -2.44. The van der Waals surface area contributed by atoms with Crippen LogP contribution in [0.2, 0.25) is 0 Å². The summed E-state index contributed by atoms with van der Waals surface area (Å²) in [5.41, 5.74) is 1.12. The molecule has 1 atom stereocenters. The summed E-state index contributed by atoms with van der Waals surface area (Å²) in [5, 5.41) is 11.5. The van der Waals surface area contributed by atoms with E-state index in [0.717, 1.165) is 5.56 Å². The van der Waals surface area contributed by atoms with Crippen molar-refractivity contribution in [2.75, 3.05) is 13.1 Å². The molecule has 96 valence electrons. The number of nitrogens with zero attached hydrogens (tertiary/aromatic N) is 1. The summed E-state index contributed by atoms with van der Waals surface area (Å²) < 4.78 is 0. The zero-order valence-electron chi connectivity index (χ0n) is 10.0. The van der Waals surface area contributed by atoms with Crippen molar-refractivity contribution in [3.8, 4) is 0 Å². The fourth-order valence-electron chi connectivity index (χ4n) is 2.05. The van der Waals surface area contributed by atoms with Crippen molar-refractivity contribution in [2.45, 2.75) is 19.0 Å². The van der Waals surface area contributed by atoms with Gasteiger partial charge in [0.2, 0.25) is 5.91 Å². The number of hydrogen-bond acceptors (Lipinski definition) is 3. The Morgan fingerprint density at radius 3 is 2.78 bits per heavy atom. The Hall–Kier alpha value is -1.88. The highest BCUT2D eigenvalue weighted by atomic mass is 16.4. The quantitative estimate of drug-likeness (QED) is 0.815. The maximum absolute atomic E-state index is 11.4. The van der Waals surface area contributed by atoms with Gasteiger partial charge in [0.05, 0.1) is 0 Å². The molecule has 2 rings (SSSR count). The van der Waals surface area contributed by atoms with Gasteiger partial charge in [-0.3, -0.25) is 9.69 Å². The number of nitrogens with one attached hydrogen (secondary N) is 1. The molecule has 0 aliphatic carbocycles. The Labute approximate surface area is 105 Å². The van der Waals surface area contributed by atoms with E-state index in [1.807, 2.05) is 35.2 Å². The zero-order chi connectivity index (χ0) is 13.0. The molecule has 1 fully saturated rings. The zero-order valence-corrected chi connectivity index (χ0v) is 10.0. The highest BCUT2D eigenvalue weighted by Crippen LogP contribution is 2.08. The van der Waals surface area contributed by atoms with Crippen LogP contribution in [0, 0.1) is 0 Å². The molecule has 1 amide bonds. The monoisotopic (exact) mass is 248 g/mol. The van der Waals surface area contributed by atoms with Crippen LogP contribution in [-0.4, -0.2) is 41.0 Å². The van der Waals surface area contributed by atoms with E-state index in [1.165, 1.54) is 0 Å². The number of hydrogen-bond donors (Lipinski definition) is 2. The molecular weight excluding hydrogens is 232 g/mol. The molecule has 0 radical (unpaired) electrons. The molecule has 1 heterocycles. The van der Waals surface area contributed by atoms with E-state index in [9.17, 15) is 9.59 Å². The van der Waals surface area contributed by atoms with Crippen molar-refractivity contribution in [3.05, 3.63) is 35.9 Å². The number of amides is 1. The molecule has 0 aromatic heterocycles. The predicted molar refractivity (Wildman–Crippen MR) is 65.9 cm³/mol. The van der Waals surface area contributed by atoms with Gasteiger partial charge in [-0.05, 0) is 5.56 Å². The van der Waals surface area contributed by atoms with Crippen LogP contribution in [0.4, 0.5) is 0 Å². The van der Waals surface area contributed by atoms with Crippen LogP contribution in [-0.2, 0) is 16.1 Å². The first kappa shape index (κ1) is 12.6. The minimum Gasteiger partial charge on any atom is -0.480 e. The van der Waals surface area contributed by atoms with Crippen molar-refractivity contribution in [2.24, 2.45) is 0 Å². The van der Waals surface area contributed by atoms with Crippen LogP contribution >= 0.6 is 0 Å². The third-order valence-corrected chi connectivity index (χ3v) is 2.98. The van der Waals surface area contributed by atoms with Gasteiger partial charge in [-0.2, -0.15) is 0 Å². The maximum atomic E-state index is 11.4. The largest absolute Gasteiger partial charge is 0.480 e. The first-order chi connectivity index (χ1) is 8.65. The number of carbonyl (C=O) groups is 2. The second kappa shape index (κ2) is 5.64. The highest BCUT2D eigenvalue weighted by Gasteiger charge is 2.26. The number of rotatable bonds is 3. The van der Waals surface area contributed by atoms with Gasteiger partial charge in [0, 0.05) is 26.1 Å². The van der Waals surface area contributed by atoms with Gasteiger partial charge in [0.25, 0.3) is 0 Å². The Kier molecular flexibility index (Phi) is 3.94. The molecule has 5 heteroatoms. The fourth-order valence-corrected chi connectivity index (χ4v) is 2.05. The van der Waals surface area contributed by atoms with Gasteiger partial charge in [-0.1, -0.05) is 30.3 Å². The van der Waals surface area contributed by atoms with E-state index in [1.54, 1.807) is 0 Å². The van der Waals surface area contributed by atoms with Gasteiger partial charge >= 0.3 is 5.97 Å². The standard InChI is InChI=1S/C13H16N2O3/c16-12-6-7-15(9-11(14-12)13(17)18)8-10-4-2-1-3-5-10/h1-5,11H,6-9H2,(H,14,16)(H,17,18). The van der Waals surface area contributed by atoms with E-state index in [0.29, 0.717) is 26.1 Å². The second-order valence-electron chi connectivity index (χ2n) is 4.43. The number of carboxylic acids is 1. The van der Waals surface area contributed by atoms with Gasteiger partial charge in [0.15, 0.2) is 0 Å². The third-order valence-electron chi connectivity index (χ3n) is 2.98. The normalized spacial score (nSPS) is 21.1. The van der Waals surface area contributed by atoms with Crippen LogP contribution in [0.1, 0.15) is 12.0 Å². The number of carboxylic acid groups (broad SMARTS) is 1. The van der Waals surface area contributed by atoms with Crippen molar-refractivity contribution in [3.63, 3.8) is 0 Å². The SMILES string of the molecule is O=C1CCN(Cc2ccccc2)CC(C(=O)O)N1. The molecule has 0 saturated carbocycles. The van der Waals surface area contributed by atoms with E-state index in [4.69, 9.17) is 5.11 Å². The fraction of sp³-hybridized carbons (Fsp3) is 0.385. The third kappa shape index (κ3) is 3.30. The maximum Gasteiger partial charge on any atom is 0.327 e. The summed E-state index contributed by atoms with van der Waals surface area (Å²) in [4.78, 5) is 24.4. The molecule has 1 unspecified atom stereocenters. The van der Waals surface area contributed by atoms with Crippen LogP contribution in [0.3, 0.4) is 0 Å². The van der Waals surface area contributed by atoms with E-state index >= 15 is 0 Å². The number of carbonyl (C=O) groups excluding carboxylic acids is 1. The molecule has 2 N–H and O–H groups in total. The van der Waals surface area contributed by atoms with Gasteiger partial charge in [0.1, 0.15) is 6.04 Å². The minimum atomic E-state index is -0.983. The van der Waals surface area contributed by atoms with Crippen molar-refractivity contribution < 1.29 is 14.7 Å². The lowest BCUT2D eigenvalue weighted by Gasteiger charge is -2.21. The van der Waals surface area contributed by atoms with Gasteiger partial charge in [-0.25, -0.2) is 4.79 Å². The Bertz CT molecular complexity index is 433. The minimum absolute atomic E-state index is 0.196. The lowest BCUT2D eigenvalue weighted by atomic mass is 10.2. The van der Waals surface area contributed by atoms with Crippen LogP contribution in [0.5, 0.6) is 0 Å². The molecule has 18 heavy (non-hydrogen) atoms. The molecular formula is C13H16N2O3. The number of benzene rings is 1. The molecule has 1 aromatic carbocycles. The van der Waals surface area contributed by atoms with E-state index < -0.39 is 12.0 Å². The van der Waals surface area contributed by atoms with Crippen molar-refractivity contribution in [1.82, 2.24) is 10.2 Å². The van der Waals surface area contributed by atoms with Crippen molar-refractivity contribution in [1.29, 1.82) is 0 Å². The van der Waals surface area contributed by atoms with Crippen molar-refractivity contribution >= 4 is 11.9 Å². The topological polar surface area (TPSA) is 69.6 Å². The first-order valence-corrected chi connectivity index (χ1v) is 5.93. The molecule has 0 bridgehead atoms. The summed E-state index contributed by atoms with van der Waals surface area (Å²) in [6.07, 6.45) is 0.344. The van der Waals surface area contributed by atoms with Crippen LogP contribution in [0.25, 0.3) is 0 Å². The first-order valence-electron chi connectivity index (χ1n) is 5.93. The molecule has 1 saturated heterocycles. The molecule has 1 aliphatic heterocycles. The lowest BCUT2D eigenvalue weighted by molar-refractivity contribution is -0.141. The average Bonchev–Trinajstić information content (AvgIpc) is 2.53. The molecule has 1 aromatic rings. The summed E-state index contributed by atoms with van der Waals surface area (Å²) in [7, 11) is 0.